The van der Waals surface area contributed by atoms with Crippen molar-refractivity contribution in [3.05, 3.63) is 0 Å². The molecule has 0 aromatic rings. The van der Waals surface area contributed by atoms with Crippen molar-refractivity contribution < 1.29 is 14.7 Å². The highest BCUT2D eigenvalue weighted by molar-refractivity contribution is 8.00. The highest BCUT2D eigenvalue weighted by atomic mass is 32.2. The molecule has 0 spiro atoms. The van der Waals surface area contributed by atoms with Crippen molar-refractivity contribution in [3.63, 3.8) is 0 Å². The van der Waals surface area contributed by atoms with Gasteiger partial charge in [0.2, 0.25) is 5.91 Å². The fourth-order valence-corrected chi connectivity index (χ4v) is 1.66. The van der Waals surface area contributed by atoms with Crippen LogP contribution in [0.1, 0.15) is 20.8 Å². The van der Waals surface area contributed by atoms with E-state index in [1.165, 1.54) is 0 Å². The topological polar surface area (TPSA) is 57.6 Å². The largest absolute Gasteiger partial charge is 0.481 e. The lowest BCUT2D eigenvalue weighted by molar-refractivity contribution is -0.133. The van der Waals surface area contributed by atoms with E-state index >= 15 is 0 Å². The molecule has 0 rings (SSSR count). The molecule has 1 unspecified atom stereocenters. The van der Waals surface area contributed by atoms with E-state index in [4.69, 9.17) is 5.11 Å². The molecule has 0 fully saturated rings. The summed E-state index contributed by atoms with van der Waals surface area (Å²) in [5, 5.41) is 8.42. The van der Waals surface area contributed by atoms with Crippen LogP contribution < -0.4 is 0 Å². The summed E-state index contributed by atoms with van der Waals surface area (Å²) in [6.07, 6.45) is 0. The number of amides is 1. The molecule has 0 saturated carbocycles. The van der Waals surface area contributed by atoms with Crippen LogP contribution in [0.4, 0.5) is 0 Å². The summed E-state index contributed by atoms with van der Waals surface area (Å²) in [6, 6.07) is 0.183. The Morgan fingerprint density at radius 2 is 1.80 bits per heavy atom. The van der Waals surface area contributed by atoms with Gasteiger partial charge < -0.3 is 10.0 Å². The molecule has 5 heteroatoms. The molecule has 0 aromatic carbocycles. The van der Waals surface area contributed by atoms with Gasteiger partial charge in [0.25, 0.3) is 0 Å². The lowest BCUT2D eigenvalue weighted by Gasteiger charge is -2.27. The Bertz CT molecular complexity index is 231. The predicted molar refractivity (Wildman–Crippen MR) is 62.0 cm³/mol. The standard InChI is InChI=1S/C10H19NO3S/c1-7(2)8(3)11(4)9(12)5-15-6-10(13)14/h7-8H,5-6H2,1-4H3,(H,13,14). The smallest absolute Gasteiger partial charge is 0.313 e. The number of carbonyl (C=O) groups is 2. The van der Waals surface area contributed by atoms with Crippen LogP contribution >= 0.6 is 11.8 Å². The fraction of sp³-hybridized carbons (Fsp3) is 0.800. The van der Waals surface area contributed by atoms with Crippen LogP contribution in [0.3, 0.4) is 0 Å². The van der Waals surface area contributed by atoms with Gasteiger partial charge in [-0.2, -0.15) is 0 Å². The molecule has 0 aromatic heterocycles. The first kappa shape index (κ1) is 14.3. The second-order valence-corrected chi connectivity index (χ2v) is 4.86. The molecule has 0 aliphatic rings. The van der Waals surface area contributed by atoms with Gasteiger partial charge in [-0.3, -0.25) is 9.59 Å². The van der Waals surface area contributed by atoms with Crippen molar-refractivity contribution in [2.75, 3.05) is 18.6 Å². The Hall–Kier alpha value is -0.710. The summed E-state index contributed by atoms with van der Waals surface area (Å²) >= 11 is 1.14. The molecular weight excluding hydrogens is 214 g/mol. The molecule has 0 bridgehead atoms. The molecule has 15 heavy (non-hydrogen) atoms. The zero-order valence-corrected chi connectivity index (χ0v) is 10.5. The number of carboxylic acid groups (broad SMARTS) is 1. The Morgan fingerprint density at radius 3 is 2.20 bits per heavy atom. The number of nitrogens with zero attached hydrogens (tertiary/aromatic N) is 1. The van der Waals surface area contributed by atoms with E-state index in [0.717, 1.165) is 11.8 Å². The van der Waals surface area contributed by atoms with Crippen molar-refractivity contribution in [1.82, 2.24) is 4.90 Å². The molecule has 1 N–H and O–H groups in total. The number of rotatable bonds is 6. The van der Waals surface area contributed by atoms with Crippen molar-refractivity contribution in [2.45, 2.75) is 26.8 Å². The van der Waals surface area contributed by atoms with E-state index in [1.807, 2.05) is 6.92 Å². The van der Waals surface area contributed by atoms with Gasteiger partial charge in [-0.25, -0.2) is 0 Å². The van der Waals surface area contributed by atoms with Crippen LogP contribution in [-0.4, -0.2) is 46.5 Å². The first-order valence-corrected chi connectivity index (χ1v) is 6.07. The average molecular weight is 233 g/mol. The first-order valence-electron chi connectivity index (χ1n) is 4.91. The van der Waals surface area contributed by atoms with Crippen LogP contribution in [0.5, 0.6) is 0 Å². The number of carboxylic acids is 1. The van der Waals surface area contributed by atoms with Crippen molar-refractivity contribution >= 4 is 23.6 Å². The van der Waals surface area contributed by atoms with Crippen molar-refractivity contribution in [1.29, 1.82) is 0 Å². The third-order valence-corrected chi connectivity index (χ3v) is 3.32. The first-order chi connectivity index (χ1) is 6.86. The van der Waals surface area contributed by atoms with Gasteiger partial charge in [0.05, 0.1) is 11.5 Å². The summed E-state index contributed by atoms with van der Waals surface area (Å²) in [5.41, 5.74) is 0. The SMILES string of the molecule is CC(C)C(C)N(C)C(=O)CSCC(=O)O. The lowest BCUT2D eigenvalue weighted by atomic mass is 10.1. The Kier molecular flexibility index (Phi) is 6.40. The van der Waals surface area contributed by atoms with E-state index in [0.29, 0.717) is 5.92 Å². The van der Waals surface area contributed by atoms with E-state index in [9.17, 15) is 9.59 Å². The Balaban J connectivity index is 3.94. The van der Waals surface area contributed by atoms with Crippen LogP contribution in [0.25, 0.3) is 0 Å². The van der Waals surface area contributed by atoms with Gasteiger partial charge in [-0.1, -0.05) is 13.8 Å². The molecule has 1 amide bonds. The second kappa shape index (κ2) is 6.71. The summed E-state index contributed by atoms with van der Waals surface area (Å²) < 4.78 is 0. The van der Waals surface area contributed by atoms with Crippen LogP contribution in [0, 0.1) is 5.92 Å². The van der Waals surface area contributed by atoms with Crippen LogP contribution in [0.15, 0.2) is 0 Å². The minimum Gasteiger partial charge on any atom is -0.481 e. The molecule has 0 aliphatic heterocycles. The number of aliphatic carboxylic acids is 1. The fourth-order valence-electron chi connectivity index (χ4n) is 1.00. The summed E-state index contributed by atoms with van der Waals surface area (Å²) in [6.45, 7) is 6.10. The zero-order chi connectivity index (χ0) is 12.0. The highest BCUT2D eigenvalue weighted by Gasteiger charge is 2.18. The molecule has 88 valence electrons. The second-order valence-electron chi connectivity index (χ2n) is 3.88. The third-order valence-electron chi connectivity index (χ3n) is 2.42. The van der Waals surface area contributed by atoms with Gasteiger partial charge in [0, 0.05) is 13.1 Å². The molecular formula is C10H19NO3S. The van der Waals surface area contributed by atoms with Gasteiger partial charge in [0.15, 0.2) is 0 Å². The van der Waals surface area contributed by atoms with E-state index in [-0.39, 0.29) is 23.5 Å². The van der Waals surface area contributed by atoms with Crippen LogP contribution in [-0.2, 0) is 9.59 Å². The number of thioether (sulfide) groups is 1. The molecule has 0 radical (unpaired) electrons. The number of carbonyl (C=O) groups excluding carboxylic acids is 1. The summed E-state index contributed by atoms with van der Waals surface area (Å²) in [5.74, 6) is -0.270. The lowest BCUT2D eigenvalue weighted by Crippen LogP contribution is -2.39. The molecule has 0 saturated heterocycles. The molecule has 0 heterocycles. The minimum atomic E-state index is -0.882. The monoisotopic (exact) mass is 233 g/mol. The highest BCUT2D eigenvalue weighted by Crippen LogP contribution is 2.10. The Labute approximate surface area is 95.0 Å². The van der Waals surface area contributed by atoms with E-state index in [2.05, 4.69) is 13.8 Å². The van der Waals surface area contributed by atoms with E-state index < -0.39 is 5.97 Å². The maximum Gasteiger partial charge on any atom is 0.313 e. The number of hydrogen-bond acceptors (Lipinski definition) is 3. The quantitative estimate of drug-likeness (QED) is 0.751. The molecule has 0 aliphatic carbocycles. The van der Waals surface area contributed by atoms with Gasteiger partial charge in [0.1, 0.15) is 0 Å². The van der Waals surface area contributed by atoms with E-state index in [1.54, 1.807) is 11.9 Å². The summed E-state index contributed by atoms with van der Waals surface area (Å²) in [7, 11) is 1.76. The zero-order valence-electron chi connectivity index (χ0n) is 9.69. The maximum absolute atomic E-state index is 11.6. The maximum atomic E-state index is 11.6. The van der Waals surface area contributed by atoms with Crippen molar-refractivity contribution in [3.8, 4) is 0 Å². The normalized spacial score (nSPS) is 12.6. The summed E-state index contributed by atoms with van der Waals surface area (Å²) in [4.78, 5) is 23.5. The average Bonchev–Trinajstić information content (AvgIpc) is 2.14. The molecule has 4 nitrogen and oxygen atoms in total. The number of hydrogen-bond donors (Lipinski definition) is 1. The molecule has 1 atom stereocenters. The Morgan fingerprint density at radius 1 is 1.27 bits per heavy atom. The van der Waals surface area contributed by atoms with Gasteiger partial charge in [-0.15, -0.1) is 11.8 Å². The van der Waals surface area contributed by atoms with Crippen molar-refractivity contribution in [2.24, 2.45) is 5.92 Å². The van der Waals surface area contributed by atoms with Gasteiger partial charge >= 0.3 is 5.97 Å². The van der Waals surface area contributed by atoms with Gasteiger partial charge in [-0.05, 0) is 12.8 Å². The van der Waals surface area contributed by atoms with Crippen LogP contribution in [0.2, 0.25) is 0 Å². The predicted octanol–water partition coefficient (Wildman–Crippen LogP) is 1.31. The minimum absolute atomic E-state index is 0.0116. The third kappa shape index (κ3) is 5.67.